The number of rotatable bonds is 5. The molecule has 0 bridgehead atoms. The Morgan fingerprint density at radius 1 is 0.938 bits per heavy atom. The van der Waals surface area contributed by atoms with E-state index >= 15 is 0 Å². The highest BCUT2D eigenvalue weighted by atomic mass is 79.9. The zero-order valence-corrected chi connectivity index (χ0v) is 19.7. The van der Waals surface area contributed by atoms with Gasteiger partial charge in [-0.2, -0.15) is 0 Å². The quantitative estimate of drug-likeness (QED) is 0.446. The van der Waals surface area contributed by atoms with Crippen molar-refractivity contribution in [3.8, 4) is 11.4 Å². The van der Waals surface area contributed by atoms with E-state index < -0.39 is 0 Å². The van der Waals surface area contributed by atoms with Crippen LogP contribution in [0.3, 0.4) is 0 Å². The summed E-state index contributed by atoms with van der Waals surface area (Å²) in [5, 5.41) is 3.27. The number of aromatic nitrogens is 5. The molecule has 0 atom stereocenters. The molecular weight excluding hydrogens is 468 g/mol. The Kier molecular flexibility index (Phi) is 5.75. The van der Waals surface area contributed by atoms with Gasteiger partial charge in [-0.3, -0.25) is 9.30 Å². The molecule has 8 nitrogen and oxygen atoms in total. The van der Waals surface area contributed by atoms with E-state index in [1.165, 1.54) is 0 Å². The lowest BCUT2D eigenvalue weighted by Gasteiger charge is -2.37. The number of pyridine rings is 2. The van der Waals surface area contributed by atoms with E-state index in [-0.39, 0.29) is 0 Å². The smallest absolute Gasteiger partial charge is 0.227 e. The second-order valence-electron chi connectivity index (χ2n) is 8.13. The molecule has 0 radical (unpaired) electrons. The lowest BCUT2D eigenvalue weighted by Crippen LogP contribution is -2.49. The third-order valence-corrected chi connectivity index (χ3v) is 6.23. The molecule has 32 heavy (non-hydrogen) atoms. The van der Waals surface area contributed by atoms with E-state index in [0.29, 0.717) is 12.0 Å². The van der Waals surface area contributed by atoms with Crippen molar-refractivity contribution >= 4 is 39.0 Å². The van der Waals surface area contributed by atoms with Crippen LogP contribution in [-0.4, -0.2) is 61.5 Å². The molecule has 0 spiro atoms. The van der Waals surface area contributed by atoms with Crippen LogP contribution in [0.15, 0.2) is 59.6 Å². The summed E-state index contributed by atoms with van der Waals surface area (Å²) in [7, 11) is 0. The second kappa shape index (κ2) is 8.84. The average molecular weight is 493 g/mol. The zero-order valence-electron chi connectivity index (χ0n) is 18.1. The minimum absolute atomic E-state index is 0.521. The summed E-state index contributed by atoms with van der Waals surface area (Å²) < 4.78 is 2.99. The number of nitrogens with zero attached hydrogens (tertiary/aromatic N) is 7. The Morgan fingerprint density at radius 2 is 1.78 bits per heavy atom. The molecule has 1 saturated heterocycles. The molecule has 164 valence electrons. The van der Waals surface area contributed by atoms with Crippen LogP contribution in [0.1, 0.15) is 13.8 Å². The van der Waals surface area contributed by atoms with E-state index in [4.69, 9.17) is 0 Å². The molecule has 4 aromatic heterocycles. The number of anilines is 3. The first-order chi connectivity index (χ1) is 15.6. The normalized spacial score (nSPS) is 14.9. The van der Waals surface area contributed by atoms with Crippen LogP contribution in [0, 0.1) is 0 Å². The molecule has 1 fully saturated rings. The number of nitrogens with one attached hydrogen (secondary N) is 1. The average Bonchev–Trinajstić information content (AvgIpc) is 3.23. The third-order valence-electron chi connectivity index (χ3n) is 5.76. The molecular formula is C23H25BrN8. The van der Waals surface area contributed by atoms with Crippen LogP contribution in [-0.2, 0) is 0 Å². The van der Waals surface area contributed by atoms with Gasteiger partial charge in [-0.25, -0.2) is 19.9 Å². The number of piperazine rings is 1. The molecule has 1 aliphatic heterocycles. The maximum Gasteiger partial charge on any atom is 0.227 e. The number of fused-ring (bicyclic) bond motifs is 1. The molecule has 0 unspecified atom stereocenters. The molecule has 0 aromatic carbocycles. The largest absolute Gasteiger partial charge is 0.354 e. The number of hydrogen-bond donors (Lipinski definition) is 1. The van der Waals surface area contributed by atoms with E-state index in [0.717, 1.165) is 59.2 Å². The lowest BCUT2D eigenvalue weighted by atomic mass is 10.2. The number of halogens is 1. The van der Waals surface area contributed by atoms with Gasteiger partial charge in [0.1, 0.15) is 11.5 Å². The highest BCUT2D eigenvalue weighted by Crippen LogP contribution is 2.23. The molecule has 0 aliphatic carbocycles. The molecule has 0 saturated carbocycles. The summed E-state index contributed by atoms with van der Waals surface area (Å²) in [6.07, 6.45) is 7.39. The zero-order chi connectivity index (χ0) is 22.1. The van der Waals surface area contributed by atoms with Crippen molar-refractivity contribution in [3.05, 3.63) is 59.6 Å². The van der Waals surface area contributed by atoms with Gasteiger partial charge in [-0.1, -0.05) is 0 Å². The molecule has 9 heteroatoms. The second-order valence-corrected chi connectivity index (χ2v) is 9.05. The van der Waals surface area contributed by atoms with Gasteiger partial charge < -0.3 is 10.2 Å². The molecule has 5 rings (SSSR count). The minimum atomic E-state index is 0.521. The monoisotopic (exact) mass is 492 g/mol. The Morgan fingerprint density at radius 3 is 2.53 bits per heavy atom. The van der Waals surface area contributed by atoms with Crippen LogP contribution in [0.25, 0.3) is 17.0 Å². The first-order valence-corrected chi connectivity index (χ1v) is 11.5. The molecule has 0 amide bonds. The van der Waals surface area contributed by atoms with Gasteiger partial charge in [0, 0.05) is 49.1 Å². The third kappa shape index (κ3) is 4.31. The topological polar surface area (TPSA) is 74.5 Å². The van der Waals surface area contributed by atoms with Gasteiger partial charge in [0.2, 0.25) is 5.95 Å². The first kappa shape index (κ1) is 20.8. The van der Waals surface area contributed by atoms with Gasteiger partial charge in [0.05, 0.1) is 29.5 Å². The Labute approximate surface area is 195 Å². The Balaban J connectivity index is 1.30. The van der Waals surface area contributed by atoms with Gasteiger partial charge >= 0.3 is 0 Å². The minimum Gasteiger partial charge on any atom is -0.354 e. The summed E-state index contributed by atoms with van der Waals surface area (Å²) in [4.78, 5) is 23.0. The number of imidazole rings is 1. The standard InChI is InChI=1S/C23H25BrN8/c1-16(2)30-9-11-31(12-10-30)21-6-4-18(13-26-21)28-23-25-8-7-19(29-23)20-14-27-22-5-3-17(24)15-32(20)22/h3-8,13-16H,9-12H2,1-2H3,(H,25,28,29). The Bertz CT molecular complexity index is 1210. The maximum absolute atomic E-state index is 4.69. The fraction of sp³-hybridized carbons (Fsp3) is 0.304. The van der Waals surface area contributed by atoms with E-state index in [9.17, 15) is 0 Å². The van der Waals surface area contributed by atoms with Crippen molar-refractivity contribution in [2.45, 2.75) is 19.9 Å². The summed E-state index contributed by atoms with van der Waals surface area (Å²) in [5.74, 6) is 1.53. The Hall–Kier alpha value is -3.04. The fourth-order valence-electron chi connectivity index (χ4n) is 3.95. The van der Waals surface area contributed by atoms with Crippen molar-refractivity contribution in [1.29, 1.82) is 0 Å². The maximum atomic E-state index is 4.69. The highest BCUT2D eigenvalue weighted by Gasteiger charge is 2.19. The summed E-state index contributed by atoms with van der Waals surface area (Å²) in [6.45, 7) is 8.64. The fourth-order valence-corrected chi connectivity index (χ4v) is 4.29. The predicted molar refractivity (Wildman–Crippen MR) is 130 cm³/mol. The highest BCUT2D eigenvalue weighted by molar-refractivity contribution is 9.10. The van der Waals surface area contributed by atoms with Crippen molar-refractivity contribution in [3.63, 3.8) is 0 Å². The van der Waals surface area contributed by atoms with Crippen LogP contribution >= 0.6 is 15.9 Å². The van der Waals surface area contributed by atoms with E-state index in [2.05, 4.69) is 70.9 Å². The van der Waals surface area contributed by atoms with E-state index in [1.807, 2.05) is 47.3 Å². The predicted octanol–water partition coefficient (Wildman–Crippen LogP) is 4.22. The van der Waals surface area contributed by atoms with Gasteiger partial charge in [0.15, 0.2) is 0 Å². The number of hydrogen-bond acceptors (Lipinski definition) is 7. The van der Waals surface area contributed by atoms with Gasteiger partial charge in [0.25, 0.3) is 0 Å². The molecule has 4 aromatic rings. The summed E-state index contributed by atoms with van der Waals surface area (Å²) in [6, 6.07) is 10.5. The van der Waals surface area contributed by atoms with Crippen LogP contribution < -0.4 is 10.2 Å². The first-order valence-electron chi connectivity index (χ1n) is 10.7. The van der Waals surface area contributed by atoms with E-state index in [1.54, 1.807) is 6.20 Å². The molecule has 1 N–H and O–H groups in total. The van der Waals surface area contributed by atoms with Crippen molar-refractivity contribution in [2.24, 2.45) is 0 Å². The SMILES string of the molecule is CC(C)N1CCN(c2ccc(Nc3nccc(-c4cnc5ccc(Br)cn45)n3)cn2)CC1. The summed E-state index contributed by atoms with van der Waals surface area (Å²) in [5.41, 5.74) is 3.42. The van der Waals surface area contributed by atoms with Crippen LogP contribution in [0.5, 0.6) is 0 Å². The van der Waals surface area contributed by atoms with Crippen molar-refractivity contribution in [1.82, 2.24) is 29.2 Å². The molecule has 5 heterocycles. The summed E-state index contributed by atoms with van der Waals surface area (Å²) >= 11 is 3.52. The van der Waals surface area contributed by atoms with Crippen LogP contribution in [0.2, 0.25) is 0 Å². The van der Waals surface area contributed by atoms with Gasteiger partial charge in [-0.15, -0.1) is 0 Å². The lowest BCUT2D eigenvalue weighted by molar-refractivity contribution is 0.209. The van der Waals surface area contributed by atoms with Crippen LogP contribution in [0.4, 0.5) is 17.5 Å². The van der Waals surface area contributed by atoms with Crippen molar-refractivity contribution in [2.75, 3.05) is 36.4 Å². The molecule has 1 aliphatic rings. The van der Waals surface area contributed by atoms with Gasteiger partial charge in [-0.05, 0) is 60.1 Å². The van der Waals surface area contributed by atoms with Crippen molar-refractivity contribution < 1.29 is 0 Å².